The second-order valence-electron chi connectivity index (χ2n) is 5.18. The van der Waals surface area contributed by atoms with Crippen molar-refractivity contribution in [3.05, 3.63) is 59.7 Å². The quantitative estimate of drug-likeness (QED) is 0.692. The fourth-order valence-corrected chi connectivity index (χ4v) is 2.02. The summed E-state index contributed by atoms with van der Waals surface area (Å²) in [5.74, 6) is -1.07. The standard InChI is InChI=1S/C18H17F3O3/c1-3-23-17(22)14-6-10-16(11-7-14)24-15-8-4-13(5-9-15)12(2)18(19,20)21/h4-12H,3H2,1-2H3. The Morgan fingerprint density at radius 2 is 1.50 bits per heavy atom. The molecule has 0 saturated carbocycles. The molecule has 2 aromatic carbocycles. The van der Waals surface area contributed by atoms with Crippen LogP contribution in [0, 0.1) is 0 Å². The average molecular weight is 338 g/mol. The fourth-order valence-electron chi connectivity index (χ4n) is 2.02. The Kier molecular flexibility index (Phi) is 5.49. The van der Waals surface area contributed by atoms with Gasteiger partial charge in [0.05, 0.1) is 18.1 Å². The van der Waals surface area contributed by atoms with Crippen molar-refractivity contribution >= 4 is 5.97 Å². The molecule has 0 radical (unpaired) electrons. The van der Waals surface area contributed by atoms with E-state index in [0.717, 1.165) is 6.92 Å². The Hall–Kier alpha value is -2.50. The van der Waals surface area contributed by atoms with E-state index in [-0.39, 0.29) is 5.56 Å². The third-order valence-corrected chi connectivity index (χ3v) is 3.47. The lowest BCUT2D eigenvalue weighted by Crippen LogP contribution is -2.17. The molecule has 2 rings (SSSR count). The number of hydrogen-bond acceptors (Lipinski definition) is 3. The van der Waals surface area contributed by atoms with Gasteiger partial charge in [-0.15, -0.1) is 0 Å². The fraction of sp³-hybridized carbons (Fsp3) is 0.278. The van der Waals surface area contributed by atoms with Gasteiger partial charge in [0, 0.05) is 0 Å². The number of alkyl halides is 3. The molecule has 0 bridgehead atoms. The summed E-state index contributed by atoms with van der Waals surface area (Å²) >= 11 is 0. The summed E-state index contributed by atoms with van der Waals surface area (Å²) in [6.07, 6.45) is -4.27. The highest BCUT2D eigenvalue weighted by Gasteiger charge is 2.36. The van der Waals surface area contributed by atoms with Gasteiger partial charge in [0.1, 0.15) is 11.5 Å². The minimum atomic E-state index is -4.27. The van der Waals surface area contributed by atoms with E-state index in [9.17, 15) is 18.0 Å². The maximum atomic E-state index is 12.7. The summed E-state index contributed by atoms with van der Waals surface area (Å²) < 4.78 is 48.5. The van der Waals surface area contributed by atoms with Crippen LogP contribution in [0.15, 0.2) is 48.5 Å². The predicted molar refractivity (Wildman–Crippen MR) is 83.4 cm³/mol. The summed E-state index contributed by atoms with van der Waals surface area (Å²) in [6.45, 7) is 3.13. The first-order valence-electron chi connectivity index (χ1n) is 7.43. The molecule has 0 N–H and O–H groups in total. The summed E-state index contributed by atoms with van der Waals surface area (Å²) in [7, 11) is 0. The van der Waals surface area contributed by atoms with Crippen molar-refractivity contribution in [3.63, 3.8) is 0 Å². The van der Waals surface area contributed by atoms with Gasteiger partial charge in [0.15, 0.2) is 0 Å². The zero-order valence-corrected chi connectivity index (χ0v) is 13.3. The molecular formula is C18H17F3O3. The van der Waals surface area contributed by atoms with E-state index in [1.54, 1.807) is 31.2 Å². The summed E-state index contributed by atoms with van der Waals surface area (Å²) in [5, 5.41) is 0. The van der Waals surface area contributed by atoms with Crippen LogP contribution >= 0.6 is 0 Å². The van der Waals surface area contributed by atoms with Crippen molar-refractivity contribution in [3.8, 4) is 11.5 Å². The van der Waals surface area contributed by atoms with Crippen LogP contribution < -0.4 is 4.74 Å². The van der Waals surface area contributed by atoms with E-state index in [4.69, 9.17) is 9.47 Å². The van der Waals surface area contributed by atoms with Crippen LogP contribution in [0.1, 0.15) is 35.7 Å². The first-order valence-corrected chi connectivity index (χ1v) is 7.43. The Balaban J connectivity index is 2.05. The SMILES string of the molecule is CCOC(=O)c1ccc(Oc2ccc(C(C)C(F)(F)F)cc2)cc1. The Morgan fingerprint density at radius 1 is 1.00 bits per heavy atom. The van der Waals surface area contributed by atoms with Gasteiger partial charge in [0.25, 0.3) is 0 Å². The molecule has 0 spiro atoms. The van der Waals surface area contributed by atoms with Crippen LogP contribution in [-0.4, -0.2) is 18.8 Å². The van der Waals surface area contributed by atoms with Crippen molar-refractivity contribution in [1.29, 1.82) is 0 Å². The number of carbonyl (C=O) groups excluding carboxylic acids is 1. The van der Waals surface area contributed by atoms with Gasteiger partial charge < -0.3 is 9.47 Å². The van der Waals surface area contributed by atoms with E-state index in [0.29, 0.717) is 23.7 Å². The molecule has 24 heavy (non-hydrogen) atoms. The number of hydrogen-bond donors (Lipinski definition) is 0. The number of rotatable bonds is 5. The van der Waals surface area contributed by atoms with E-state index in [1.807, 2.05) is 0 Å². The highest BCUT2D eigenvalue weighted by molar-refractivity contribution is 5.89. The van der Waals surface area contributed by atoms with Crippen molar-refractivity contribution in [2.24, 2.45) is 0 Å². The van der Waals surface area contributed by atoms with Crippen LogP contribution in [0.25, 0.3) is 0 Å². The van der Waals surface area contributed by atoms with Gasteiger partial charge in [-0.25, -0.2) is 4.79 Å². The van der Waals surface area contributed by atoms with E-state index >= 15 is 0 Å². The minimum absolute atomic E-state index is 0.174. The number of carbonyl (C=O) groups is 1. The van der Waals surface area contributed by atoms with Gasteiger partial charge in [-0.3, -0.25) is 0 Å². The molecule has 6 heteroatoms. The predicted octanol–water partition coefficient (Wildman–Crippen LogP) is 5.32. The summed E-state index contributed by atoms with van der Waals surface area (Å²) in [5.41, 5.74) is 0.575. The monoisotopic (exact) mass is 338 g/mol. The van der Waals surface area contributed by atoms with Crippen LogP contribution in [0.2, 0.25) is 0 Å². The van der Waals surface area contributed by atoms with Gasteiger partial charge in [-0.2, -0.15) is 13.2 Å². The van der Waals surface area contributed by atoms with Crippen molar-refractivity contribution in [2.75, 3.05) is 6.61 Å². The molecule has 1 atom stereocenters. The first-order chi connectivity index (χ1) is 11.3. The summed E-state index contributed by atoms with van der Waals surface area (Å²) in [6, 6.07) is 12.1. The molecule has 0 saturated heterocycles. The molecule has 0 aliphatic heterocycles. The van der Waals surface area contributed by atoms with Crippen LogP contribution in [-0.2, 0) is 4.74 Å². The van der Waals surface area contributed by atoms with Crippen molar-refractivity contribution in [1.82, 2.24) is 0 Å². The van der Waals surface area contributed by atoms with Crippen LogP contribution in [0.4, 0.5) is 13.2 Å². The zero-order chi connectivity index (χ0) is 17.7. The van der Waals surface area contributed by atoms with Crippen LogP contribution in [0.3, 0.4) is 0 Å². The van der Waals surface area contributed by atoms with Crippen molar-refractivity contribution < 1.29 is 27.4 Å². The molecule has 0 aliphatic rings. The molecule has 0 amide bonds. The Morgan fingerprint density at radius 3 is 1.96 bits per heavy atom. The second kappa shape index (κ2) is 7.38. The zero-order valence-electron chi connectivity index (χ0n) is 13.3. The lowest BCUT2D eigenvalue weighted by molar-refractivity contribution is -0.146. The Labute approximate surface area is 138 Å². The number of halogens is 3. The van der Waals surface area contributed by atoms with Gasteiger partial charge >= 0.3 is 12.1 Å². The maximum Gasteiger partial charge on any atom is 0.395 e. The minimum Gasteiger partial charge on any atom is -0.462 e. The maximum absolute atomic E-state index is 12.7. The van der Waals surface area contributed by atoms with E-state index in [1.165, 1.54) is 24.3 Å². The molecule has 128 valence electrons. The highest BCUT2D eigenvalue weighted by atomic mass is 19.4. The molecule has 0 aromatic heterocycles. The van der Waals surface area contributed by atoms with Gasteiger partial charge in [0.2, 0.25) is 0 Å². The molecule has 3 nitrogen and oxygen atoms in total. The van der Waals surface area contributed by atoms with E-state index in [2.05, 4.69) is 0 Å². The molecule has 1 unspecified atom stereocenters. The largest absolute Gasteiger partial charge is 0.462 e. The summed E-state index contributed by atoms with van der Waals surface area (Å²) in [4.78, 5) is 11.5. The molecule has 2 aromatic rings. The Bertz CT molecular complexity index is 676. The van der Waals surface area contributed by atoms with Gasteiger partial charge in [-0.1, -0.05) is 12.1 Å². The van der Waals surface area contributed by atoms with E-state index < -0.39 is 18.1 Å². The number of esters is 1. The van der Waals surface area contributed by atoms with Crippen LogP contribution in [0.5, 0.6) is 11.5 Å². The van der Waals surface area contributed by atoms with Crippen molar-refractivity contribution in [2.45, 2.75) is 25.9 Å². The lowest BCUT2D eigenvalue weighted by atomic mass is 10.0. The molecule has 0 heterocycles. The lowest BCUT2D eigenvalue weighted by Gasteiger charge is -2.16. The average Bonchev–Trinajstić information content (AvgIpc) is 2.55. The first kappa shape index (κ1) is 17.8. The number of ether oxygens (including phenoxy) is 2. The normalized spacial score (nSPS) is 12.5. The number of benzene rings is 2. The second-order valence-corrected chi connectivity index (χ2v) is 5.18. The molecule has 0 fully saturated rings. The van der Waals surface area contributed by atoms with Gasteiger partial charge in [-0.05, 0) is 55.8 Å². The topological polar surface area (TPSA) is 35.5 Å². The molecular weight excluding hydrogens is 321 g/mol. The highest BCUT2D eigenvalue weighted by Crippen LogP contribution is 2.35. The third kappa shape index (κ3) is 4.50. The smallest absolute Gasteiger partial charge is 0.395 e. The third-order valence-electron chi connectivity index (χ3n) is 3.47. The molecule has 0 aliphatic carbocycles.